The Kier molecular flexibility index (Phi) is 5.55. The van der Waals surface area contributed by atoms with Crippen LogP contribution in [0.1, 0.15) is 24.2 Å². The molecular weight excluding hydrogens is 402 g/mol. The number of carbonyl (C=O) groups is 1. The number of sulfonamides is 1. The Morgan fingerprint density at radius 1 is 1.03 bits per heavy atom. The molecule has 30 heavy (non-hydrogen) atoms. The number of hydrogen-bond donors (Lipinski definition) is 1. The van der Waals surface area contributed by atoms with E-state index < -0.39 is 10.0 Å². The first-order valence-corrected chi connectivity index (χ1v) is 11.2. The smallest absolute Gasteiger partial charge is 0.257 e. The summed E-state index contributed by atoms with van der Waals surface area (Å²) in [6.45, 7) is 4.36. The Hall–Kier alpha value is -2.81. The van der Waals surface area contributed by atoms with Crippen molar-refractivity contribution in [2.45, 2.75) is 31.0 Å². The fourth-order valence-electron chi connectivity index (χ4n) is 3.67. The molecule has 1 aliphatic rings. The summed E-state index contributed by atoms with van der Waals surface area (Å²) in [4.78, 5) is 17.2. The molecule has 156 valence electrons. The molecule has 3 aromatic rings. The van der Waals surface area contributed by atoms with E-state index in [4.69, 9.17) is 4.74 Å². The van der Waals surface area contributed by atoms with Crippen molar-refractivity contribution in [1.29, 1.82) is 0 Å². The lowest BCUT2D eigenvalue weighted by Crippen LogP contribution is -2.48. The highest BCUT2D eigenvalue weighted by molar-refractivity contribution is 7.89. The van der Waals surface area contributed by atoms with E-state index in [9.17, 15) is 13.2 Å². The third kappa shape index (κ3) is 4.07. The fraction of sp³-hybridized carbons (Fsp3) is 0.273. The predicted molar refractivity (Wildman–Crippen MR) is 115 cm³/mol. The van der Waals surface area contributed by atoms with Crippen LogP contribution in [0.4, 0.5) is 5.69 Å². The Labute approximate surface area is 175 Å². The van der Waals surface area contributed by atoms with E-state index in [-0.39, 0.29) is 23.0 Å². The minimum absolute atomic E-state index is 0.156. The van der Waals surface area contributed by atoms with Gasteiger partial charge in [0.1, 0.15) is 0 Å². The Morgan fingerprint density at radius 3 is 2.40 bits per heavy atom. The number of amides is 1. The van der Waals surface area contributed by atoms with Crippen LogP contribution in [0, 0.1) is 0 Å². The molecule has 0 unspecified atom stereocenters. The van der Waals surface area contributed by atoms with Gasteiger partial charge in [-0.15, -0.1) is 0 Å². The van der Waals surface area contributed by atoms with Crippen LogP contribution in [-0.4, -0.2) is 48.9 Å². The molecule has 8 heteroatoms. The average molecular weight is 426 g/mol. The highest BCUT2D eigenvalue weighted by Gasteiger charge is 2.32. The van der Waals surface area contributed by atoms with E-state index in [1.54, 1.807) is 30.5 Å². The number of rotatable bonds is 4. The molecule has 1 N–H and O–H groups in total. The molecule has 1 aliphatic heterocycles. The summed E-state index contributed by atoms with van der Waals surface area (Å²) in [5.74, 6) is -0.300. The normalized spacial score (nSPS) is 20.2. The number of fused-ring (bicyclic) bond motifs is 1. The van der Waals surface area contributed by atoms with Gasteiger partial charge in [0.2, 0.25) is 10.0 Å². The van der Waals surface area contributed by atoms with Crippen LogP contribution >= 0.6 is 0 Å². The van der Waals surface area contributed by atoms with Gasteiger partial charge in [0.25, 0.3) is 5.91 Å². The second kappa shape index (κ2) is 8.14. The molecule has 2 heterocycles. The maximum Gasteiger partial charge on any atom is 0.257 e. The molecule has 4 rings (SSSR count). The van der Waals surface area contributed by atoms with Gasteiger partial charge in [-0.3, -0.25) is 9.78 Å². The summed E-state index contributed by atoms with van der Waals surface area (Å²) in [5, 5.41) is 3.69. The summed E-state index contributed by atoms with van der Waals surface area (Å²) >= 11 is 0. The summed E-state index contributed by atoms with van der Waals surface area (Å²) in [6, 6.07) is 15.3. The Bertz CT molecular complexity index is 1160. The van der Waals surface area contributed by atoms with Gasteiger partial charge < -0.3 is 10.1 Å². The number of pyridine rings is 1. The van der Waals surface area contributed by atoms with Gasteiger partial charge in [-0.05, 0) is 50.2 Å². The van der Waals surface area contributed by atoms with Gasteiger partial charge in [-0.2, -0.15) is 4.31 Å². The van der Waals surface area contributed by atoms with Crippen molar-refractivity contribution >= 4 is 32.5 Å². The third-order valence-corrected chi connectivity index (χ3v) is 6.86. The predicted octanol–water partition coefficient (Wildman–Crippen LogP) is 3.29. The molecule has 0 spiro atoms. The molecule has 1 saturated heterocycles. The second-order valence-electron chi connectivity index (χ2n) is 7.44. The first kappa shape index (κ1) is 20.5. The van der Waals surface area contributed by atoms with Crippen molar-refractivity contribution in [2.75, 3.05) is 18.4 Å². The Morgan fingerprint density at radius 2 is 1.70 bits per heavy atom. The van der Waals surface area contributed by atoms with Crippen molar-refractivity contribution in [3.05, 3.63) is 66.4 Å². The van der Waals surface area contributed by atoms with Crippen LogP contribution in [0.5, 0.6) is 0 Å². The van der Waals surface area contributed by atoms with E-state index in [0.29, 0.717) is 29.9 Å². The Balaban J connectivity index is 1.53. The minimum Gasteiger partial charge on any atom is -0.373 e. The summed E-state index contributed by atoms with van der Waals surface area (Å²) < 4.78 is 33.0. The number of anilines is 1. The molecule has 2 aromatic carbocycles. The van der Waals surface area contributed by atoms with Crippen LogP contribution in [0.15, 0.2) is 65.7 Å². The van der Waals surface area contributed by atoms with Crippen molar-refractivity contribution < 1.29 is 17.9 Å². The van der Waals surface area contributed by atoms with Gasteiger partial charge >= 0.3 is 0 Å². The number of nitrogens with zero attached hydrogens (tertiary/aromatic N) is 2. The van der Waals surface area contributed by atoms with Crippen LogP contribution in [0.2, 0.25) is 0 Å². The average Bonchev–Trinajstić information content (AvgIpc) is 2.73. The molecule has 1 aromatic heterocycles. The maximum absolute atomic E-state index is 13.0. The molecule has 0 bridgehead atoms. The van der Waals surface area contributed by atoms with E-state index in [1.165, 1.54) is 16.4 Å². The number of nitrogens with one attached hydrogen (secondary N) is 1. The van der Waals surface area contributed by atoms with E-state index >= 15 is 0 Å². The molecule has 2 atom stereocenters. The SMILES string of the molecule is C[C@H]1CN(S(=O)(=O)c2ccc(NC(=O)c3cccc4cccnc34)cc2)C[C@H](C)O1. The van der Waals surface area contributed by atoms with Crippen LogP contribution in [0.25, 0.3) is 10.9 Å². The van der Waals surface area contributed by atoms with Gasteiger partial charge in [-0.25, -0.2) is 8.42 Å². The van der Waals surface area contributed by atoms with E-state index in [2.05, 4.69) is 10.3 Å². The summed E-state index contributed by atoms with van der Waals surface area (Å²) in [6.07, 6.45) is 1.33. The molecular formula is C22H23N3O4S. The number of ether oxygens (including phenoxy) is 1. The zero-order valence-electron chi connectivity index (χ0n) is 16.8. The number of para-hydroxylation sites is 1. The number of carbonyl (C=O) groups excluding carboxylic acids is 1. The van der Waals surface area contributed by atoms with Gasteiger partial charge in [-0.1, -0.05) is 18.2 Å². The topological polar surface area (TPSA) is 88.6 Å². The molecule has 0 radical (unpaired) electrons. The van der Waals surface area contributed by atoms with Crippen LogP contribution < -0.4 is 5.32 Å². The number of morpholine rings is 1. The van der Waals surface area contributed by atoms with Crippen molar-refractivity contribution in [3.63, 3.8) is 0 Å². The van der Waals surface area contributed by atoms with Crippen molar-refractivity contribution in [3.8, 4) is 0 Å². The van der Waals surface area contributed by atoms with Gasteiger partial charge in [0.05, 0.1) is 28.2 Å². The van der Waals surface area contributed by atoms with Crippen LogP contribution in [-0.2, 0) is 14.8 Å². The highest BCUT2D eigenvalue weighted by atomic mass is 32.2. The molecule has 1 amide bonds. The van der Waals surface area contributed by atoms with Gasteiger partial charge in [0, 0.05) is 30.4 Å². The summed E-state index contributed by atoms with van der Waals surface area (Å²) in [7, 11) is -3.62. The molecule has 1 fully saturated rings. The zero-order valence-corrected chi connectivity index (χ0v) is 17.6. The monoisotopic (exact) mass is 425 g/mol. The van der Waals surface area contributed by atoms with E-state index in [1.807, 2.05) is 32.0 Å². The van der Waals surface area contributed by atoms with Crippen molar-refractivity contribution in [2.24, 2.45) is 0 Å². The molecule has 0 aliphatic carbocycles. The lowest BCUT2D eigenvalue weighted by Gasteiger charge is -2.34. The standard InChI is InChI=1S/C22H23N3O4S/c1-15-13-25(14-16(2)29-15)30(27,28)19-10-8-18(9-11-19)24-22(26)20-7-3-5-17-6-4-12-23-21(17)20/h3-12,15-16H,13-14H2,1-2H3,(H,24,26)/t15-,16-/m0/s1. The fourth-order valence-corrected chi connectivity index (χ4v) is 5.26. The second-order valence-corrected chi connectivity index (χ2v) is 9.38. The number of hydrogen-bond acceptors (Lipinski definition) is 5. The number of aromatic nitrogens is 1. The first-order chi connectivity index (χ1) is 14.3. The van der Waals surface area contributed by atoms with Crippen molar-refractivity contribution in [1.82, 2.24) is 9.29 Å². The lowest BCUT2D eigenvalue weighted by molar-refractivity contribution is -0.0440. The summed E-state index contributed by atoms with van der Waals surface area (Å²) in [5.41, 5.74) is 1.59. The third-order valence-electron chi connectivity index (χ3n) is 5.01. The molecule has 0 saturated carbocycles. The zero-order chi connectivity index (χ0) is 21.3. The van der Waals surface area contributed by atoms with Crippen LogP contribution in [0.3, 0.4) is 0 Å². The lowest BCUT2D eigenvalue weighted by atomic mass is 10.1. The largest absolute Gasteiger partial charge is 0.373 e. The minimum atomic E-state index is -3.62. The number of benzene rings is 2. The van der Waals surface area contributed by atoms with Gasteiger partial charge in [0.15, 0.2) is 0 Å². The maximum atomic E-state index is 13.0. The molecule has 7 nitrogen and oxygen atoms in total. The quantitative estimate of drug-likeness (QED) is 0.693. The first-order valence-electron chi connectivity index (χ1n) is 9.75. The highest BCUT2D eigenvalue weighted by Crippen LogP contribution is 2.23. The van der Waals surface area contributed by atoms with E-state index in [0.717, 1.165) is 5.39 Å².